The molecule has 33 heavy (non-hydrogen) atoms. The molecular weight excluding hydrogens is 457 g/mol. The van der Waals surface area contributed by atoms with Crippen molar-refractivity contribution in [3.05, 3.63) is 11.4 Å². The molecule has 194 valence electrons. The fraction of sp³-hybridized carbons (Fsp3) is 0.885. The Morgan fingerprint density at radius 1 is 0.788 bits per heavy atom. The van der Waals surface area contributed by atoms with E-state index < -0.39 is 24.0 Å². The predicted molar refractivity (Wildman–Crippen MR) is 152 cm³/mol. The lowest BCUT2D eigenvalue weighted by molar-refractivity contribution is -0.705. The minimum atomic E-state index is -3.55. The maximum absolute atomic E-state index is 13.7. The SMILES string of the molecule is Cc1c(C)[n+](C(C)C)c([Si@](O)(O[Si](C)(C)C)[Si](C(C)(C)C)(C(C)(C)C)C(C)(C)C)n1C(C)C. The van der Waals surface area contributed by atoms with E-state index in [1.54, 1.807) is 0 Å². The third-order valence-corrected chi connectivity index (χ3v) is 31.3. The van der Waals surface area contributed by atoms with Crippen molar-refractivity contribution in [3.8, 4) is 0 Å². The molecule has 1 aromatic rings. The molecule has 0 amide bonds. The summed E-state index contributed by atoms with van der Waals surface area (Å²) in [7, 11) is -8.37. The van der Waals surface area contributed by atoms with Crippen LogP contribution in [0, 0.1) is 13.8 Å². The van der Waals surface area contributed by atoms with Crippen LogP contribution >= 0.6 is 0 Å². The van der Waals surface area contributed by atoms with E-state index in [1.165, 1.54) is 11.4 Å². The van der Waals surface area contributed by atoms with Gasteiger partial charge in [0, 0.05) is 13.8 Å². The molecule has 1 heterocycles. The summed E-state index contributed by atoms with van der Waals surface area (Å²) >= 11 is 0. The Morgan fingerprint density at radius 2 is 1.15 bits per heavy atom. The molecule has 0 radical (unpaired) electrons. The lowest BCUT2D eigenvalue weighted by Gasteiger charge is -2.63. The maximum Gasteiger partial charge on any atom is 0.433 e. The Kier molecular flexibility index (Phi) is 8.42. The van der Waals surface area contributed by atoms with Crippen molar-refractivity contribution in [1.82, 2.24) is 4.57 Å². The third kappa shape index (κ3) is 4.91. The average Bonchev–Trinajstić information content (AvgIpc) is 2.73. The minimum Gasteiger partial charge on any atom is -0.431 e. The van der Waals surface area contributed by atoms with Gasteiger partial charge in [-0.15, -0.1) is 0 Å². The van der Waals surface area contributed by atoms with Crippen LogP contribution in [0.5, 0.6) is 0 Å². The number of nitrogens with zero attached hydrogens (tertiary/aromatic N) is 2. The van der Waals surface area contributed by atoms with Crippen molar-refractivity contribution in [2.24, 2.45) is 0 Å². The van der Waals surface area contributed by atoms with Crippen LogP contribution in [0.2, 0.25) is 34.8 Å². The maximum atomic E-state index is 13.7. The van der Waals surface area contributed by atoms with Gasteiger partial charge in [0.15, 0.2) is 8.32 Å². The Hall–Kier alpha value is -0.219. The number of hydrogen-bond acceptors (Lipinski definition) is 2. The first-order valence-corrected chi connectivity index (χ1v) is 21.1. The summed E-state index contributed by atoms with van der Waals surface area (Å²) in [4.78, 5) is 13.7. The second-order valence-corrected chi connectivity index (χ2v) is 31.8. The second kappa shape index (κ2) is 9.02. The van der Waals surface area contributed by atoms with E-state index in [9.17, 15) is 4.80 Å². The molecule has 0 saturated heterocycles. The van der Waals surface area contributed by atoms with Crippen molar-refractivity contribution in [2.45, 2.75) is 151 Å². The smallest absolute Gasteiger partial charge is 0.431 e. The first-order valence-electron chi connectivity index (χ1n) is 12.9. The lowest BCUT2D eigenvalue weighted by Crippen LogP contribution is -2.88. The monoisotopic (exact) mass is 513 g/mol. The van der Waals surface area contributed by atoms with E-state index in [-0.39, 0.29) is 27.2 Å². The zero-order valence-corrected chi connectivity index (χ0v) is 28.4. The summed E-state index contributed by atoms with van der Waals surface area (Å²) in [6.45, 7) is 41.6. The highest BCUT2D eigenvalue weighted by molar-refractivity contribution is 7.45. The zero-order valence-electron chi connectivity index (χ0n) is 25.4. The van der Waals surface area contributed by atoms with Crippen LogP contribution in [-0.4, -0.2) is 33.3 Å². The standard InChI is InChI=1S/C26H57N2O2Si3/c1-19(2)27-21(5)22(6)28(20(3)4)23(27)32(29,30-31(16,17)18)33(24(7,8)9,25(10,11)12)26(13,14)15/h19-20,29H,1-18H3/q+1/t32-/m0/s1. The van der Waals surface area contributed by atoms with E-state index in [2.05, 4.69) is 133 Å². The van der Waals surface area contributed by atoms with Gasteiger partial charge in [-0.05, 0) is 62.5 Å². The molecule has 7 heteroatoms. The summed E-state index contributed by atoms with van der Waals surface area (Å²) < 4.78 is 12.2. The molecule has 0 fully saturated rings. The van der Waals surface area contributed by atoms with Crippen LogP contribution in [0.15, 0.2) is 0 Å². The van der Waals surface area contributed by atoms with E-state index in [1.807, 2.05) is 0 Å². The molecule has 1 N–H and O–H groups in total. The highest BCUT2D eigenvalue weighted by Gasteiger charge is 2.79. The third-order valence-electron chi connectivity index (χ3n) is 7.38. The quantitative estimate of drug-likeness (QED) is 0.329. The summed E-state index contributed by atoms with van der Waals surface area (Å²) in [6.07, 6.45) is 0. The zero-order chi connectivity index (χ0) is 26.7. The van der Waals surface area contributed by atoms with Gasteiger partial charge in [0.25, 0.3) is 5.45 Å². The highest BCUT2D eigenvalue weighted by Crippen LogP contribution is 2.65. The molecule has 4 nitrogen and oxygen atoms in total. The van der Waals surface area contributed by atoms with E-state index in [4.69, 9.17) is 4.12 Å². The van der Waals surface area contributed by atoms with E-state index in [0.717, 1.165) is 5.45 Å². The van der Waals surface area contributed by atoms with Crippen molar-refractivity contribution in [2.75, 3.05) is 0 Å². The predicted octanol–water partition coefficient (Wildman–Crippen LogP) is 6.97. The Balaban J connectivity index is 4.63. The van der Waals surface area contributed by atoms with Gasteiger partial charge in [0.2, 0.25) is 0 Å². The molecule has 1 rings (SSSR count). The van der Waals surface area contributed by atoms with E-state index >= 15 is 0 Å². The lowest BCUT2D eigenvalue weighted by atomic mass is 10.2. The molecular formula is C26H57N2O2Si3+. The van der Waals surface area contributed by atoms with Gasteiger partial charge < -0.3 is 8.91 Å². The van der Waals surface area contributed by atoms with E-state index in [0.29, 0.717) is 0 Å². The van der Waals surface area contributed by atoms with Crippen LogP contribution < -0.4 is 10.0 Å². The van der Waals surface area contributed by atoms with Gasteiger partial charge in [0.1, 0.15) is 19.0 Å². The van der Waals surface area contributed by atoms with Gasteiger partial charge in [-0.2, -0.15) is 0 Å². The van der Waals surface area contributed by atoms with Crippen LogP contribution in [0.1, 0.15) is 113 Å². The number of hydrogen-bond donors (Lipinski definition) is 1. The fourth-order valence-corrected chi connectivity index (χ4v) is 39.2. The normalized spacial score (nSPS) is 16.6. The number of aromatic nitrogens is 2. The fourth-order valence-electron chi connectivity index (χ4n) is 8.01. The molecule has 0 spiro atoms. The van der Waals surface area contributed by atoms with Gasteiger partial charge in [-0.1, -0.05) is 62.3 Å². The van der Waals surface area contributed by atoms with Gasteiger partial charge >= 0.3 is 8.08 Å². The molecule has 0 aliphatic rings. The van der Waals surface area contributed by atoms with Crippen LogP contribution in [0.25, 0.3) is 0 Å². The number of imidazole rings is 1. The van der Waals surface area contributed by atoms with Gasteiger partial charge in [-0.3, -0.25) is 0 Å². The molecule has 0 saturated carbocycles. The Labute approximate surface area is 209 Å². The molecule has 0 aliphatic heterocycles. The van der Waals surface area contributed by atoms with Crippen molar-refractivity contribution in [1.29, 1.82) is 0 Å². The summed E-state index contributed by atoms with van der Waals surface area (Å²) in [6, 6.07) is 0.490. The molecule has 1 aromatic heterocycles. The molecule has 0 aliphatic carbocycles. The molecule has 0 bridgehead atoms. The van der Waals surface area contributed by atoms with Gasteiger partial charge in [0.05, 0.1) is 12.1 Å². The largest absolute Gasteiger partial charge is 0.433 e. The summed E-state index contributed by atoms with van der Waals surface area (Å²) in [5, 5.41) is -0.230. The van der Waals surface area contributed by atoms with Crippen molar-refractivity contribution >= 4 is 29.4 Å². The summed E-state index contributed by atoms with van der Waals surface area (Å²) in [5.74, 6) is 0. The number of rotatable bonds is 6. The second-order valence-electron chi connectivity index (χ2n) is 14.8. The average molecular weight is 514 g/mol. The van der Waals surface area contributed by atoms with Gasteiger partial charge in [-0.25, -0.2) is 9.13 Å². The van der Waals surface area contributed by atoms with Crippen molar-refractivity contribution in [3.63, 3.8) is 0 Å². The minimum absolute atomic E-state index is 0.0766. The van der Waals surface area contributed by atoms with Crippen LogP contribution in [0.4, 0.5) is 0 Å². The summed E-state index contributed by atoms with van der Waals surface area (Å²) in [5.41, 5.74) is 3.59. The molecule has 0 unspecified atom stereocenters. The molecule has 0 aromatic carbocycles. The van der Waals surface area contributed by atoms with Crippen LogP contribution in [-0.2, 0) is 4.12 Å². The highest BCUT2D eigenvalue weighted by atomic mass is 29.3. The Morgan fingerprint density at radius 3 is 1.39 bits per heavy atom. The first-order chi connectivity index (χ1) is 14.3. The first kappa shape index (κ1) is 30.8. The van der Waals surface area contributed by atoms with Crippen LogP contribution in [0.3, 0.4) is 0 Å². The molecule has 1 atom stereocenters. The van der Waals surface area contributed by atoms with Crippen molar-refractivity contribution < 1.29 is 13.5 Å². The topological polar surface area (TPSA) is 38.3 Å². The Bertz CT molecular complexity index is 780.